The predicted octanol–water partition coefficient (Wildman–Crippen LogP) is 5.57. The number of nitrogens with zero attached hydrogens (tertiary/aromatic N) is 6. The number of imidazole rings is 2. The maximum absolute atomic E-state index is 15.2. The number of H-pyrrole nitrogens is 2. The van der Waals surface area contributed by atoms with E-state index >= 15 is 4.39 Å². The summed E-state index contributed by atoms with van der Waals surface area (Å²) in [5.74, 6) is 0.531. The minimum atomic E-state index is -0.487. The zero-order chi connectivity index (χ0) is 27.3. The van der Waals surface area contributed by atoms with Crippen molar-refractivity contribution in [3.05, 3.63) is 66.9 Å². The zero-order valence-corrected chi connectivity index (χ0v) is 21.9. The molecule has 11 heteroatoms. The molecule has 196 valence electrons. The summed E-state index contributed by atoms with van der Waals surface area (Å²) in [5, 5.41) is 10.6. The molecule has 0 bridgehead atoms. The molecule has 5 heterocycles. The monoisotopic (exact) mass is 523 g/mol. The molecule has 0 saturated carbocycles. The number of hydrogen-bond donors (Lipinski definition) is 3. The summed E-state index contributed by atoms with van der Waals surface area (Å²) in [6.07, 6.45) is 8.82. The smallest absolute Gasteiger partial charge is 0.224 e. The van der Waals surface area contributed by atoms with Crippen LogP contribution in [0.3, 0.4) is 0 Å². The Bertz CT molecular complexity index is 1860. The van der Waals surface area contributed by atoms with Crippen LogP contribution in [0.2, 0.25) is 0 Å². The van der Waals surface area contributed by atoms with E-state index in [1.807, 2.05) is 50.6 Å². The molecule has 5 aromatic heterocycles. The maximum atomic E-state index is 15.2. The Labute approximate surface area is 222 Å². The van der Waals surface area contributed by atoms with Gasteiger partial charge in [0.25, 0.3) is 0 Å². The molecule has 0 unspecified atom stereocenters. The first-order chi connectivity index (χ1) is 18.6. The first-order valence-electron chi connectivity index (χ1n) is 12.4. The minimum absolute atomic E-state index is 0.107. The highest BCUT2D eigenvalue weighted by Gasteiger charge is 2.19. The molecule has 0 radical (unpaired) electrons. The standard InChI is InChI=1S/C28H26FN9O/c1-15-13-38(14-32-15)27-25-21(5-6-31-27)34-26(35-25)24-19-8-16(9-20(29)23(19)36-37-24)17-7-18(12-30-11-17)33-22(39)10-28(2,3)4/h5-9,11-14H,10H2,1-4H3,(H,33,39)(H,34,35)(H,36,37). The largest absolute Gasteiger partial charge is 0.336 e. The van der Waals surface area contributed by atoms with Crippen LogP contribution in [-0.4, -0.2) is 45.6 Å². The molecule has 1 amide bonds. The third-order valence-corrected chi connectivity index (χ3v) is 6.23. The first-order valence-corrected chi connectivity index (χ1v) is 12.4. The van der Waals surface area contributed by atoms with Gasteiger partial charge in [-0.05, 0) is 42.2 Å². The summed E-state index contributed by atoms with van der Waals surface area (Å²) in [4.78, 5) is 33.5. The summed E-state index contributed by atoms with van der Waals surface area (Å²) in [7, 11) is 0. The third-order valence-electron chi connectivity index (χ3n) is 6.23. The molecule has 0 spiro atoms. The lowest BCUT2D eigenvalue weighted by atomic mass is 9.92. The number of fused-ring (bicyclic) bond motifs is 2. The van der Waals surface area contributed by atoms with Crippen molar-refractivity contribution in [2.24, 2.45) is 5.41 Å². The number of halogens is 1. The Kier molecular flexibility index (Phi) is 5.71. The zero-order valence-electron chi connectivity index (χ0n) is 21.9. The average molecular weight is 524 g/mol. The Morgan fingerprint density at radius 1 is 1.10 bits per heavy atom. The maximum Gasteiger partial charge on any atom is 0.224 e. The van der Waals surface area contributed by atoms with Gasteiger partial charge in [0.2, 0.25) is 5.91 Å². The van der Waals surface area contributed by atoms with Crippen LogP contribution in [0.15, 0.2) is 55.4 Å². The summed E-state index contributed by atoms with van der Waals surface area (Å²) in [5.41, 5.74) is 4.65. The Morgan fingerprint density at radius 3 is 2.72 bits per heavy atom. The highest BCUT2D eigenvalue weighted by molar-refractivity contribution is 5.97. The van der Waals surface area contributed by atoms with Gasteiger partial charge in [0.15, 0.2) is 17.5 Å². The van der Waals surface area contributed by atoms with Gasteiger partial charge in [-0.15, -0.1) is 0 Å². The number of aryl methyl sites for hydroxylation is 1. The van der Waals surface area contributed by atoms with E-state index in [2.05, 4.69) is 35.5 Å². The third kappa shape index (κ3) is 4.74. The molecule has 0 saturated heterocycles. The fraction of sp³-hybridized carbons (Fsp3) is 0.214. The quantitative estimate of drug-likeness (QED) is 0.271. The van der Waals surface area contributed by atoms with E-state index in [0.717, 1.165) is 11.2 Å². The normalized spacial score (nSPS) is 11.9. The highest BCUT2D eigenvalue weighted by Crippen LogP contribution is 2.33. The molecule has 6 rings (SSSR count). The Balaban J connectivity index is 1.39. The van der Waals surface area contributed by atoms with Crippen LogP contribution in [0.25, 0.3) is 50.4 Å². The van der Waals surface area contributed by atoms with Crippen LogP contribution >= 0.6 is 0 Å². The SMILES string of the molecule is Cc1cn(-c2nccc3[nH]c(-c4[nH]nc5c(F)cc(-c6cncc(NC(=O)CC(C)(C)C)c6)cc45)nc23)cn1. The van der Waals surface area contributed by atoms with Gasteiger partial charge in [0.05, 0.1) is 23.1 Å². The fourth-order valence-corrected chi connectivity index (χ4v) is 4.54. The van der Waals surface area contributed by atoms with Crippen LogP contribution in [0.5, 0.6) is 0 Å². The lowest BCUT2D eigenvalue weighted by Gasteiger charge is -2.17. The number of aromatic nitrogens is 8. The van der Waals surface area contributed by atoms with Crippen LogP contribution in [0.4, 0.5) is 10.1 Å². The number of aromatic amines is 2. The van der Waals surface area contributed by atoms with Gasteiger partial charge in [-0.1, -0.05) is 20.8 Å². The second-order valence-corrected chi connectivity index (χ2v) is 10.7. The molecule has 39 heavy (non-hydrogen) atoms. The molecule has 0 aliphatic heterocycles. The van der Waals surface area contributed by atoms with Gasteiger partial charge >= 0.3 is 0 Å². The van der Waals surface area contributed by atoms with Crippen LogP contribution in [-0.2, 0) is 4.79 Å². The molecule has 1 aromatic carbocycles. The lowest BCUT2D eigenvalue weighted by Crippen LogP contribution is -2.19. The van der Waals surface area contributed by atoms with E-state index in [1.54, 1.807) is 31.0 Å². The topological polar surface area (TPSA) is 130 Å². The molecule has 0 aliphatic rings. The van der Waals surface area contributed by atoms with Crippen LogP contribution in [0, 0.1) is 18.2 Å². The number of benzene rings is 1. The van der Waals surface area contributed by atoms with Crippen molar-refractivity contribution in [3.63, 3.8) is 0 Å². The molecule has 0 aliphatic carbocycles. The number of carbonyl (C=O) groups excluding carboxylic acids is 1. The van der Waals surface area contributed by atoms with Crippen molar-refractivity contribution in [3.8, 4) is 28.5 Å². The van der Waals surface area contributed by atoms with Crippen molar-refractivity contribution in [1.29, 1.82) is 0 Å². The summed E-state index contributed by atoms with van der Waals surface area (Å²) in [6, 6.07) is 6.85. The lowest BCUT2D eigenvalue weighted by molar-refractivity contribution is -0.117. The van der Waals surface area contributed by atoms with Crippen LogP contribution < -0.4 is 5.32 Å². The first kappa shape index (κ1) is 24.4. The molecule has 6 aromatic rings. The van der Waals surface area contributed by atoms with Gasteiger partial charge in [0.1, 0.15) is 23.1 Å². The van der Waals surface area contributed by atoms with Crippen molar-refractivity contribution in [2.75, 3.05) is 5.32 Å². The molecule has 10 nitrogen and oxygen atoms in total. The van der Waals surface area contributed by atoms with Crippen molar-refractivity contribution < 1.29 is 9.18 Å². The minimum Gasteiger partial charge on any atom is -0.336 e. The van der Waals surface area contributed by atoms with E-state index in [9.17, 15) is 4.79 Å². The molecule has 3 N–H and O–H groups in total. The van der Waals surface area contributed by atoms with E-state index in [-0.39, 0.29) is 16.8 Å². The number of amides is 1. The van der Waals surface area contributed by atoms with E-state index in [0.29, 0.717) is 51.5 Å². The van der Waals surface area contributed by atoms with E-state index in [4.69, 9.17) is 4.98 Å². The Morgan fingerprint density at radius 2 is 1.95 bits per heavy atom. The summed E-state index contributed by atoms with van der Waals surface area (Å²) in [6.45, 7) is 7.90. The average Bonchev–Trinajstić information content (AvgIpc) is 3.60. The number of anilines is 1. The molecular formula is C28H26FN9O. The van der Waals surface area contributed by atoms with E-state index < -0.39 is 5.82 Å². The summed E-state index contributed by atoms with van der Waals surface area (Å²) >= 11 is 0. The number of rotatable bonds is 5. The second kappa shape index (κ2) is 9.12. The number of carbonyl (C=O) groups is 1. The Hall–Kier alpha value is -4.93. The van der Waals surface area contributed by atoms with Crippen molar-refractivity contribution in [1.82, 2.24) is 39.7 Å². The molecule has 0 atom stereocenters. The fourth-order valence-electron chi connectivity index (χ4n) is 4.54. The number of pyridine rings is 2. The number of nitrogens with one attached hydrogen (secondary N) is 3. The molecule has 0 fully saturated rings. The van der Waals surface area contributed by atoms with Gasteiger partial charge in [-0.2, -0.15) is 5.10 Å². The van der Waals surface area contributed by atoms with Crippen molar-refractivity contribution in [2.45, 2.75) is 34.1 Å². The van der Waals surface area contributed by atoms with Gasteiger partial charge < -0.3 is 10.3 Å². The van der Waals surface area contributed by atoms with E-state index in [1.165, 1.54) is 6.07 Å². The van der Waals surface area contributed by atoms with Gasteiger partial charge in [0, 0.05) is 36.0 Å². The highest BCUT2D eigenvalue weighted by atomic mass is 19.1. The number of hydrogen-bond acceptors (Lipinski definition) is 6. The molecular weight excluding hydrogens is 497 g/mol. The summed E-state index contributed by atoms with van der Waals surface area (Å²) < 4.78 is 17.0. The second-order valence-electron chi connectivity index (χ2n) is 10.7. The van der Waals surface area contributed by atoms with Crippen molar-refractivity contribution >= 4 is 33.5 Å². The van der Waals surface area contributed by atoms with Gasteiger partial charge in [-0.25, -0.2) is 19.3 Å². The van der Waals surface area contributed by atoms with Gasteiger partial charge in [-0.3, -0.25) is 19.4 Å². The van der Waals surface area contributed by atoms with Crippen LogP contribution in [0.1, 0.15) is 32.9 Å². The predicted molar refractivity (Wildman–Crippen MR) is 147 cm³/mol.